The van der Waals surface area contributed by atoms with Crippen LogP contribution >= 0.6 is 11.6 Å². The maximum atomic E-state index is 14.7. The Morgan fingerprint density at radius 3 is 2.14 bits per heavy atom. The molecule has 2 heterocycles. The van der Waals surface area contributed by atoms with Gasteiger partial charge in [-0.2, -0.15) is 0 Å². The molecule has 1 aliphatic heterocycles. The van der Waals surface area contributed by atoms with Crippen LogP contribution in [0.25, 0.3) is 0 Å². The van der Waals surface area contributed by atoms with E-state index in [1.807, 2.05) is 6.92 Å². The fourth-order valence-corrected chi connectivity index (χ4v) is 3.70. The molecule has 0 bridgehead atoms. The molecule has 1 aromatic heterocycles. The van der Waals surface area contributed by atoms with Gasteiger partial charge in [0.25, 0.3) is 0 Å². The highest BCUT2D eigenvalue weighted by Crippen LogP contribution is 2.33. The molecule has 1 aromatic carbocycles. The summed E-state index contributed by atoms with van der Waals surface area (Å²) in [4.78, 5) is 41.0. The van der Waals surface area contributed by atoms with Gasteiger partial charge in [-0.1, -0.05) is 11.6 Å². The van der Waals surface area contributed by atoms with Crippen LogP contribution in [0.15, 0.2) is 42.7 Å². The molecule has 35 heavy (non-hydrogen) atoms. The summed E-state index contributed by atoms with van der Waals surface area (Å²) in [5.41, 5.74) is 5.29. The van der Waals surface area contributed by atoms with E-state index in [0.29, 0.717) is 18.0 Å². The fraction of sp³-hybridized carbons (Fsp3) is 0.348. The van der Waals surface area contributed by atoms with Crippen molar-refractivity contribution in [3.8, 4) is 0 Å². The van der Waals surface area contributed by atoms with Gasteiger partial charge in [0.05, 0.1) is 23.7 Å². The van der Waals surface area contributed by atoms with E-state index in [9.17, 15) is 23.2 Å². The van der Waals surface area contributed by atoms with Crippen LogP contribution < -0.4 is 5.73 Å². The number of alkyl halides is 1. The van der Waals surface area contributed by atoms with Crippen LogP contribution in [0, 0.1) is 12.7 Å². The van der Waals surface area contributed by atoms with Gasteiger partial charge in [-0.15, -0.1) is 0 Å². The summed E-state index contributed by atoms with van der Waals surface area (Å²) < 4.78 is 28.1. The lowest BCUT2D eigenvalue weighted by Gasteiger charge is -2.42. The number of aryl methyl sites for hydroxylation is 1. The van der Waals surface area contributed by atoms with Crippen molar-refractivity contribution in [2.75, 3.05) is 19.6 Å². The number of hydrogen-bond acceptors (Lipinski definition) is 6. The number of rotatable bonds is 6. The Morgan fingerprint density at radius 2 is 1.69 bits per heavy atom. The highest BCUT2D eigenvalue weighted by atomic mass is 35.5. The number of quaternary nitrogens is 1. The summed E-state index contributed by atoms with van der Waals surface area (Å²) in [6.45, 7) is 2.55. The monoisotopic (exact) mass is 511 g/mol. The maximum Gasteiger partial charge on any atom is 0.346 e. The van der Waals surface area contributed by atoms with Crippen LogP contribution in [0.3, 0.4) is 0 Å². The smallest absolute Gasteiger partial charge is 0.346 e. The van der Waals surface area contributed by atoms with Crippen LogP contribution in [0.5, 0.6) is 0 Å². The number of hydrogen-bond donors (Lipinski definition) is 3. The lowest BCUT2D eigenvalue weighted by Crippen LogP contribution is -2.60. The first kappa shape index (κ1) is 28.0. The second-order valence-corrected chi connectivity index (χ2v) is 8.63. The van der Waals surface area contributed by atoms with E-state index >= 15 is 0 Å². The number of amides is 1. The zero-order chi connectivity index (χ0) is 26.2. The molecule has 2 aromatic rings. The van der Waals surface area contributed by atoms with Crippen molar-refractivity contribution in [1.82, 2.24) is 9.97 Å². The minimum Gasteiger partial charge on any atom is -0.478 e. The van der Waals surface area contributed by atoms with Gasteiger partial charge in [-0.25, -0.2) is 37.6 Å². The predicted molar refractivity (Wildman–Crippen MR) is 123 cm³/mol. The molecular weight excluding hydrogens is 486 g/mol. The van der Waals surface area contributed by atoms with Crippen molar-refractivity contribution in [2.45, 2.75) is 32.0 Å². The third kappa shape index (κ3) is 7.88. The topological polar surface area (TPSA) is 143 Å². The normalized spacial score (nSPS) is 21.7. The first-order valence-corrected chi connectivity index (χ1v) is 10.9. The summed E-state index contributed by atoms with van der Waals surface area (Å²) in [5, 5.41) is 15.5. The number of aliphatic carboxylic acids is 2. The Bertz CT molecular complexity index is 1090. The van der Waals surface area contributed by atoms with Gasteiger partial charge in [0, 0.05) is 43.9 Å². The quantitative estimate of drug-likeness (QED) is 0.396. The van der Waals surface area contributed by atoms with Gasteiger partial charge in [0.1, 0.15) is 18.0 Å². The Morgan fingerprint density at radius 1 is 1.14 bits per heavy atom. The molecule has 1 fully saturated rings. The minimum absolute atomic E-state index is 0.0449. The van der Waals surface area contributed by atoms with Crippen molar-refractivity contribution in [1.29, 1.82) is 0 Å². The average Bonchev–Trinajstić information content (AvgIpc) is 2.82. The molecule has 0 radical (unpaired) electrons. The summed E-state index contributed by atoms with van der Waals surface area (Å²) in [7, 11) is 0. The molecule has 0 aliphatic carbocycles. The number of carboxylic acid groups (broad SMARTS) is 2. The van der Waals surface area contributed by atoms with Gasteiger partial charge >= 0.3 is 17.8 Å². The summed E-state index contributed by atoms with van der Waals surface area (Å²) in [6.07, 6.45) is 4.80. The fourth-order valence-electron chi connectivity index (χ4n) is 3.52. The van der Waals surface area contributed by atoms with Gasteiger partial charge < -0.3 is 15.9 Å². The molecule has 0 atom stereocenters. The Balaban J connectivity index is 0.000000466. The van der Waals surface area contributed by atoms with E-state index in [4.69, 9.17) is 27.5 Å². The first-order chi connectivity index (χ1) is 16.4. The third-order valence-electron chi connectivity index (χ3n) is 5.59. The number of piperidine rings is 1. The second-order valence-electron chi connectivity index (χ2n) is 8.23. The molecular formula is C23H26ClF2N4O5+. The highest BCUT2D eigenvalue weighted by Gasteiger charge is 2.47. The summed E-state index contributed by atoms with van der Waals surface area (Å²) in [6, 6.07) is 3.88. The Hall–Kier alpha value is -3.28. The Labute approximate surface area is 205 Å². The van der Waals surface area contributed by atoms with Crippen molar-refractivity contribution in [3.05, 3.63) is 70.5 Å². The molecule has 9 nitrogen and oxygen atoms in total. The molecule has 188 valence electrons. The first-order valence-electron chi connectivity index (χ1n) is 10.6. The predicted octanol–water partition coefficient (Wildman–Crippen LogP) is 2.91. The van der Waals surface area contributed by atoms with E-state index in [0.717, 1.165) is 11.6 Å². The number of carbonyl (C=O) groups is 3. The number of carbonyl (C=O) groups excluding carboxylic acids is 1. The Kier molecular flexibility index (Phi) is 9.52. The van der Waals surface area contributed by atoms with Gasteiger partial charge in [-0.3, -0.25) is 0 Å². The number of likely N-dealkylation sites (tertiary alicyclic amines) is 1. The number of benzene rings is 1. The molecule has 1 aliphatic rings. The van der Waals surface area contributed by atoms with Crippen LogP contribution in [0.1, 0.15) is 34.6 Å². The maximum absolute atomic E-state index is 14.7. The van der Waals surface area contributed by atoms with E-state index in [-0.39, 0.29) is 60.0 Å². The van der Waals surface area contributed by atoms with Crippen LogP contribution in [-0.4, -0.2) is 67.8 Å². The van der Waals surface area contributed by atoms with Gasteiger partial charge in [-0.05, 0) is 30.7 Å². The standard InChI is InChI=1S/C19H22ClF2N4O.C4H4O4/c1-13-9-24-17(25-10-13)11-26(6-4-19(22,12-23)5-7-26)18(27)14-2-3-16(21)15(20)8-14;5-3(6)1-2-4(7)8/h2-3,8-10H,4-7,11-12,23H2,1H3;1-2H,(H,5,6)(H,7,8)/q+1;/b;2-1+. The van der Waals surface area contributed by atoms with Gasteiger partial charge in [0.15, 0.2) is 5.82 Å². The zero-order valence-corrected chi connectivity index (χ0v) is 19.7. The second kappa shape index (κ2) is 11.9. The average molecular weight is 512 g/mol. The van der Waals surface area contributed by atoms with Crippen molar-refractivity contribution in [2.24, 2.45) is 5.73 Å². The number of aromatic nitrogens is 2. The van der Waals surface area contributed by atoms with E-state index in [1.54, 1.807) is 12.4 Å². The molecule has 3 rings (SSSR count). The van der Waals surface area contributed by atoms with Crippen LogP contribution in [0.2, 0.25) is 5.02 Å². The summed E-state index contributed by atoms with van der Waals surface area (Å²) in [5.74, 6) is -2.85. The largest absolute Gasteiger partial charge is 0.478 e. The molecule has 1 amide bonds. The zero-order valence-electron chi connectivity index (χ0n) is 19.0. The van der Waals surface area contributed by atoms with Crippen LogP contribution in [-0.2, 0) is 16.1 Å². The van der Waals surface area contributed by atoms with Crippen molar-refractivity contribution in [3.63, 3.8) is 0 Å². The molecule has 0 unspecified atom stereocenters. The van der Waals surface area contributed by atoms with Crippen molar-refractivity contribution < 1.29 is 37.9 Å². The third-order valence-corrected chi connectivity index (χ3v) is 5.88. The van der Waals surface area contributed by atoms with E-state index < -0.39 is 23.4 Å². The van der Waals surface area contributed by atoms with Crippen molar-refractivity contribution >= 4 is 29.4 Å². The van der Waals surface area contributed by atoms with Gasteiger partial charge in [0.2, 0.25) is 0 Å². The molecule has 0 spiro atoms. The van der Waals surface area contributed by atoms with E-state index in [2.05, 4.69) is 9.97 Å². The van der Waals surface area contributed by atoms with Crippen LogP contribution in [0.4, 0.5) is 8.78 Å². The molecule has 1 saturated heterocycles. The number of carboxylic acids is 2. The number of nitrogens with two attached hydrogens (primary N) is 1. The molecule has 4 N–H and O–H groups in total. The SMILES string of the molecule is Cc1cnc(C[N+]2(C(=O)c3ccc(F)c(Cl)c3)CCC(F)(CN)CC2)nc1.O=C(O)/C=C/C(=O)O. The molecule has 0 saturated carbocycles. The summed E-state index contributed by atoms with van der Waals surface area (Å²) >= 11 is 5.85. The minimum atomic E-state index is -1.48. The van der Waals surface area contributed by atoms with E-state index in [1.165, 1.54) is 12.1 Å². The lowest BCUT2D eigenvalue weighted by molar-refractivity contribution is -0.870. The lowest BCUT2D eigenvalue weighted by atomic mass is 9.90. The molecule has 12 heteroatoms. The number of halogens is 3. The number of nitrogens with zero attached hydrogens (tertiary/aromatic N) is 3. The highest BCUT2D eigenvalue weighted by molar-refractivity contribution is 6.31.